The lowest BCUT2D eigenvalue weighted by Crippen LogP contribution is -2.49. The van der Waals surface area contributed by atoms with Crippen molar-refractivity contribution < 1.29 is 23.2 Å². The summed E-state index contributed by atoms with van der Waals surface area (Å²) in [5, 5.41) is 0.412. The molecule has 7 atom stereocenters. The van der Waals surface area contributed by atoms with Crippen LogP contribution in [0.1, 0.15) is 53.6 Å². The molecule has 230 valence electrons. The van der Waals surface area contributed by atoms with E-state index in [1.54, 1.807) is 13.2 Å². The lowest BCUT2D eigenvalue weighted by Gasteiger charge is -2.46. The third kappa shape index (κ3) is 5.39. The van der Waals surface area contributed by atoms with Gasteiger partial charge in [-0.2, -0.15) is 0 Å². The number of rotatable bonds is 1. The van der Waals surface area contributed by atoms with Crippen LogP contribution in [-0.4, -0.2) is 67.4 Å². The van der Waals surface area contributed by atoms with E-state index in [2.05, 4.69) is 39.8 Å². The maximum absolute atomic E-state index is 13.8. The molecule has 1 N–H and O–H groups in total. The summed E-state index contributed by atoms with van der Waals surface area (Å²) >= 11 is 6.43. The van der Waals surface area contributed by atoms with Crippen LogP contribution in [-0.2, 0) is 31.0 Å². The number of hydrogen-bond acceptors (Lipinski definition) is 6. The van der Waals surface area contributed by atoms with E-state index < -0.39 is 9.71 Å². The number of fused-ring (bicyclic) bond motifs is 5. The van der Waals surface area contributed by atoms with E-state index in [4.69, 9.17) is 25.8 Å². The second-order valence-electron chi connectivity index (χ2n) is 13.1. The fourth-order valence-corrected chi connectivity index (χ4v) is 9.99. The zero-order valence-electron chi connectivity index (χ0n) is 24.8. The van der Waals surface area contributed by atoms with Gasteiger partial charge < -0.3 is 19.1 Å². The molecule has 7 rings (SSSR count). The number of benzene rings is 2. The fraction of sp³-hybridized carbons (Fsp3) is 0.529. The van der Waals surface area contributed by atoms with Crippen LogP contribution < -0.4 is 14.4 Å². The zero-order valence-corrected chi connectivity index (χ0v) is 26.3. The van der Waals surface area contributed by atoms with Gasteiger partial charge in [-0.3, -0.25) is 9.52 Å². The van der Waals surface area contributed by atoms with Crippen LogP contribution in [0, 0.1) is 17.8 Å². The smallest absolute Gasteiger partial charge is 0.262 e. The second-order valence-corrected chi connectivity index (χ2v) is 15.8. The fourth-order valence-electron chi connectivity index (χ4n) is 8.09. The number of hydrogen-bond donors (Lipinski definition) is 1. The van der Waals surface area contributed by atoms with Gasteiger partial charge in [0.2, 0.25) is 0 Å². The standard InChI is InChI=1S/C34H41ClN2O5S/c1-40-30-7-3-5-25-18-41-19-32(25)43(2,39)36-33(38)23-9-13-31-29(16-23)37(17-24-8-11-27(24)30)20-34(21-42-31)14-4-6-22-15-26(35)10-12-28(22)34/h3,7,9-10,12-13,15-16,24-25,27,30,32H,2,4-6,8,11,14,17-21H2,1H3,(H,36,38,39)/b7-3+/t24-,25-,27+,30-,32-,34-,43?/m0/s1. The van der Waals surface area contributed by atoms with Gasteiger partial charge in [0, 0.05) is 42.1 Å². The minimum absolute atomic E-state index is 0.0109. The van der Waals surface area contributed by atoms with Crippen molar-refractivity contribution in [3.63, 3.8) is 0 Å². The number of methoxy groups -OCH3 is 1. The third-order valence-electron chi connectivity index (χ3n) is 10.6. The van der Waals surface area contributed by atoms with Crippen LogP contribution in [0.3, 0.4) is 0 Å². The number of carbonyl (C=O) groups is 1. The van der Waals surface area contributed by atoms with Crippen molar-refractivity contribution in [2.45, 2.75) is 55.3 Å². The summed E-state index contributed by atoms with van der Waals surface area (Å²) in [7, 11) is -1.16. The summed E-state index contributed by atoms with van der Waals surface area (Å²) in [6.07, 6.45) is 10.4. The molecule has 1 saturated carbocycles. The molecule has 0 radical (unpaired) electrons. The summed E-state index contributed by atoms with van der Waals surface area (Å²) in [6, 6.07) is 11.9. The lowest BCUT2D eigenvalue weighted by molar-refractivity contribution is 0.0131. The lowest BCUT2D eigenvalue weighted by atomic mass is 9.68. The van der Waals surface area contributed by atoms with Gasteiger partial charge in [0.05, 0.1) is 46.6 Å². The number of nitrogens with zero attached hydrogens (tertiary/aromatic N) is 1. The quantitative estimate of drug-likeness (QED) is 0.348. The predicted octanol–water partition coefficient (Wildman–Crippen LogP) is 5.19. The molecule has 7 nitrogen and oxygen atoms in total. The van der Waals surface area contributed by atoms with Gasteiger partial charge >= 0.3 is 0 Å². The molecule has 9 heteroatoms. The van der Waals surface area contributed by atoms with Crippen LogP contribution in [0.4, 0.5) is 5.69 Å². The number of carbonyl (C=O) groups excluding carboxylic acids is 1. The van der Waals surface area contributed by atoms with Crippen LogP contribution in [0.25, 0.3) is 0 Å². The largest absolute Gasteiger partial charge is 0.490 e. The van der Waals surface area contributed by atoms with Gasteiger partial charge in [-0.15, -0.1) is 0 Å². The summed E-state index contributed by atoms with van der Waals surface area (Å²) in [5.41, 5.74) is 3.78. The van der Waals surface area contributed by atoms with Crippen molar-refractivity contribution in [1.29, 1.82) is 0 Å². The Labute approximate surface area is 260 Å². The Morgan fingerprint density at radius 3 is 2.86 bits per heavy atom. The topological polar surface area (TPSA) is 77.1 Å². The van der Waals surface area contributed by atoms with E-state index in [1.165, 1.54) is 11.1 Å². The Hall–Kier alpha value is -2.52. The van der Waals surface area contributed by atoms with Gasteiger partial charge in [0.25, 0.3) is 5.91 Å². The summed E-state index contributed by atoms with van der Waals surface area (Å²) in [5.74, 6) is 5.26. The number of allylic oxidation sites excluding steroid dienone is 1. The highest BCUT2D eigenvalue weighted by Crippen LogP contribution is 2.47. The molecule has 3 heterocycles. The Kier molecular flexibility index (Phi) is 7.77. The minimum atomic E-state index is -2.96. The number of nitrogens with one attached hydrogen (secondary N) is 1. The van der Waals surface area contributed by atoms with Crippen molar-refractivity contribution in [3.8, 4) is 5.75 Å². The van der Waals surface area contributed by atoms with E-state index in [0.29, 0.717) is 43.6 Å². The Morgan fingerprint density at radius 2 is 2.05 bits per heavy atom. The number of amides is 1. The molecule has 2 fully saturated rings. The molecular weight excluding hydrogens is 584 g/mol. The van der Waals surface area contributed by atoms with Crippen LogP contribution >= 0.6 is 11.6 Å². The Morgan fingerprint density at radius 1 is 1.16 bits per heavy atom. The molecule has 2 aromatic carbocycles. The molecule has 2 aliphatic carbocycles. The minimum Gasteiger partial charge on any atom is -0.490 e. The first-order valence-corrected chi connectivity index (χ1v) is 17.7. The van der Waals surface area contributed by atoms with Crippen molar-refractivity contribution >= 4 is 38.8 Å². The first kappa shape index (κ1) is 29.2. The van der Waals surface area contributed by atoms with Crippen LogP contribution in [0.15, 0.2) is 48.6 Å². The normalized spacial score (nSPS) is 36.3. The average Bonchev–Trinajstić information content (AvgIpc) is 3.40. The van der Waals surface area contributed by atoms with Crippen LogP contribution in [0.2, 0.25) is 5.02 Å². The molecule has 1 unspecified atom stereocenters. The number of aryl methyl sites for hydroxylation is 1. The van der Waals surface area contributed by atoms with Gasteiger partial charge in [-0.1, -0.05) is 29.8 Å². The van der Waals surface area contributed by atoms with E-state index in [1.807, 2.05) is 18.2 Å². The number of anilines is 1. The molecule has 1 saturated heterocycles. The van der Waals surface area contributed by atoms with Crippen molar-refractivity contribution in [3.05, 3.63) is 70.3 Å². The average molecular weight is 625 g/mol. The highest BCUT2D eigenvalue weighted by atomic mass is 35.5. The van der Waals surface area contributed by atoms with Gasteiger partial charge in [-0.05, 0) is 97.7 Å². The summed E-state index contributed by atoms with van der Waals surface area (Å²) < 4.78 is 35.0. The van der Waals surface area contributed by atoms with Crippen LogP contribution in [0.5, 0.6) is 5.75 Å². The summed E-state index contributed by atoms with van der Waals surface area (Å²) in [4.78, 5) is 16.1. The third-order valence-corrected chi connectivity index (χ3v) is 12.8. The highest BCUT2D eigenvalue weighted by molar-refractivity contribution is 7.99. The Balaban J connectivity index is 1.30. The number of ether oxygens (including phenoxy) is 3. The molecular formula is C34H41ClN2O5S. The van der Waals surface area contributed by atoms with Gasteiger partial charge in [0.1, 0.15) is 5.75 Å². The monoisotopic (exact) mass is 624 g/mol. The van der Waals surface area contributed by atoms with E-state index in [-0.39, 0.29) is 28.6 Å². The second kappa shape index (κ2) is 11.4. The van der Waals surface area contributed by atoms with Crippen molar-refractivity contribution in [1.82, 2.24) is 4.72 Å². The van der Waals surface area contributed by atoms with E-state index in [9.17, 15) is 9.00 Å². The number of halogens is 1. The van der Waals surface area contributed by atoms with Gasteiger partial charge in [-0.25, -0.2) is 4.21 Å². The zero-order chi connectivity index (χ0) is 29.8. The maximum Gasteiger partial charge on any atom is 0.262 e. The summed E-state index contributed by atoms with van der Waals surface area (Å²) in [6.45, 7) is 3.01. The first-order chi connectivity index (χ1) is 20.8. The Bertz CT molecular complexity index is 1540. The molecule has 3 aliphatic heterocycles. The molecule has 2 bridgehead atoms. The molecule has 2 aromatic rings. The molecule has 0 aromatic heterocycles. The van der Waals surface area contributed by atoms with E-state index in [0.717, 1.165) is 61.7 Å². The molecule has 1 amide bonds. The SMILES string of the molecule is C=S1(=O)NC(=O)c2ccc3c(c2)N(C[C@@H]2CC[C@H]2[C@@H](OC)/C=C/C[C@H]2COC[C@@H]21)C[C@@]1(CCCc2cc(Cl)ccc21)CO3. The molecule has 5 aliphatic rings. The van der Waals surface area contributed by atoms with Crippen molar-refractivity contribution in [2.75, 3.05) is 44.9 Å². The predicted molar refractivity (Wildman–Crippen MR) is 172 cm³/mol. The van der Waals surface area contributed by atoms with Gasteiger partial charge in [0.15, 0.2) is 0 Å². The molecule has 43 heavy (non-hydrogen) atoms. The first-order valence-electron chi connectivity index (χ1n) is 15.5. The van der Waals surface area contributed by atoms with E-state index >= 15 is 0 Å². The molecule has 1 spiro atoms. The maximum atomic E-state index is 13.8. The highest BCUT2D eigenvalue weighted by Gasteiger charge is 2.44. The van der Waals surface area contributed by atoms with Crippen molar-refractivity contribution in [2.24, 2.45) is 17.8 Å².